The summed E-state index contributed by atoms with van der Waals surface area (Å²) in [5.74, 6) is 1.14. The van der Waals surface area contributed by atoms with E-state index in [0.717, 1.165) is 45.2 Å². The molecular formula is C13H26N2O2S. The number of rotatable bonds is 4. The Morgan fingerprint density at radius 1 is 1.11 bits per heavy atom. The van der Waals surface area contributed by atoms with Crippen molar-refractivity contribution in [2.24, 2.45) is 11.8 Å². The number of sulfonamides is 1. The summed E-state index contributed by atoms with van der Waals surface area (Å²) in [7, 11) is -3.09. The smallest absolute Gasteiger partial charge is 0.212 e. The molecule has 2 unspecified atom stereocenters. The molecule has 2 rings (SSSR count). The standard InChI is InChI=1S/C13H26N2O2S/c1-11-4-2-3-5-13(11)15-18(16,17)10-12-6-8-14-9-7-12/h11-15H,2-10H2,1H3. The van der Waals surface area contributed by atoms with E-state index in [1.807, 2.05) is 0 Å². The first kappa shape index (κ1) is 14.3. The molecule has 1 aliphatic heterocycles. The van der Waals surface area contributed by atoms with Gasteiger partial charge in [-0.1, -0.05) is 19.8 Å². The third-order valence-electron chi connectivity index (χ3n) is 4.36. The second-order valence-electron chi connectivity index (χ2n) is 5.96. The lowest BCUT2D eigenvalue weighted by Crippen LogP contribution is -2.44. The van der Waals surface area contributed by atoms with Crippen LogP contribution in [0.3, 0.4) is 0 Å². The normalized spacial score (nSPS) is 31.4. The van der Waals surface area contributed by atoms with E-state index in [2.05, 4.69) is 17.0 Å². The molecule has 0 aromatic heterocycles. The Labute approximate surface area is 111 Å². The predicted molar refractivity (Wildman–Crippen MR) is 73.9 cm³/mol. The van der Waals surface area contributed by atoms with Gasteiger partial charge in [-0.3, -0.25) is 0 Å². The first-order chi connectivity index (χ1) is 8.57. The van der Waals surface area contributed by atoms with E-state index in [1.165, 1.54) is 6.42 Å². The zero-order valence-corrected chi connectivity index (χ0v) is 12.1. The van der Waals surface area contributed by atoms with Gasteiger partial charge in [0.2, 0.25) is 10.0 Å². The number of nitrogens with one attached hydrogen (secondary N) is 2. The van der Waals surface area contributed by atoms with Crippen LogP contribution in [0.25, 0.3) is 0 Å². The van der Waals surface area contributed by atoms with Crippen LogP contribution in [0.2, 0.25) is 0 Å². The topological polar surface area (TPSA) is 58.2 Å². The zero-order chi connectivity index (χ0) is 13.0. The maximum absolute atomic E-state index is 12.2. The lowest BCUT2D eigenvalue weighted by atomic mass is 9.87. The average molecular weight is 274 g/mol. The van der Waals surface area contributed by atoms with E-state index in [9.17, 15) is 8.42 Å². The minimum atomic E-state index is -3.09. The molecule has 0 amide bonds. The molecule has 0 spiro atoms. The summed E-state index contributed by atoms with van der Waals surface area (Å²) < 4.78 is 27.3. The SMILES string of the molecule is CC1CCCCC1NS(=O)(=O)CC1CCNCC1. The number of hydrogen-bond acceptors (Lipinski definition) is 3. The molecule has 0 aromatic rings. The summed E-state index contributed by atoms with van der Waals surface area (Å²) in [6.07, 6.45) is 6.54. The van der Waals surface area contributed by atoms with Crippen molar-refractivity contribution in [2.75, 3.05) is 18.8 Å². The molecule has 106 valence electrons. The van der Waals surface area contributed by atoms with Crippen molar-refractivity contribution in [3.05, 3.63) is 0 Å². The Hall–Kier alpha value is -0.130. The lowest BCUT2D eigenvalue weighted by Gasteiger charge is -2.30. The highest BCUT2D eigenvalue weighted by Gasteiger charge is 2.28. The molecule has 1 aliphatic carbocycles. The van der Waals surface area contributed by atoms with Crippen LogP contribution in [0.1, 0.15) is 45.4 Å². The van der Waals surface area contributed by atoms with Crippen LogP contribution in [-0.4, -0.2) is 33.3 Å². The van der Waals surface area contributed by atoms with Crippen molar-refractivity contribution < 1.29 is 8.42 Å². The monoisotopic (exact) mass is 274 g/mol. The molecule has 0 radical (unpaired) electrons. The Balaban J connectivity index is 1.85. The van der Waals surface area contributed by atoms with Crippen molar-refractivity contribution in [1.29, 1.82) is 0 Å². The van der Waals surface area contributed by atoms with Crippen LogP contribution in [-0.2, 0) is 10.0 Å². The fourth-order valence-electron chi connectivity index (χ4n) is 3.13. The summed E-state index contributed by atoms with van der Waals surface area (Å²) in [6.45, 7) is 4.08. The fourth-order valence-corrected chi connectivity index (χ4v) is 4.99. The first-order valence-corrected chi connectivity index (χ1v) is 8.93. The minimum Gasteiger partial charge on any atom is -0.317 e. The van der Waals surface area contributed by atoms with Gasteiger partial charge in [0, 0.05) is 6.04 Å². The van der Waals surface area contributed by atoms with Gasteiger partial charge < -0.3 is 5.32 Å². The largest absolute Gasteiger partial charge is 0.317 e. The summed E-state index contributed by atoms with van der Waals surface area (Å²) in [4.78, 5) is 0. The Bertz CT molecular complexity index is 350. The molecule has 2 aliphatic rings. The van der Waals surface area contributed by atoms with E-state index in [0.29, 0.717) is 17.6 Å². The molecule has 2 N–H and O–H groups in total. The van der Waals surface area contributed by atoms with E-state index in [4.69, 9.17) is 0 Å². The van der Waals surface area contributed by atoms with Crippen molar-refractivity contribution in [3.8, 4) is 0 Å². The van der Waals surface area contributed by atoms with Crippen LogP contribution in [0.5, 0.6) is 0 Å². The summed E-state index contributed by atoms with van der Waals surface area (Å²) in [5, 5.41) is 3.27. The van der Waals surface area contributed by atoms with Crippen LogP contribution >= 0.6 is 0 Å². The van der Waals surface area contributed by atoms with Gasteiger partial charge in [-0.15, -0.1) is 0 Å². The van der Waals surface area contributed by atoms with E-state index >= 15 is 0 Å². The highest BCUT2D eigenvalue weighted by atomic mass is 32.2. The predicted octanol–water partition coefficient (Wildman–Crippen LogP) is 1.48. The molecule has 1 saturated carbocycles. The average Bonchev–Trinajstić information content (AvgIpc) is 2.32. The minimum absolute atomic E-state index is 0.172. The van der Waals surface area contributed by atoms with Gasteiger partial charge in [-0.25, -0.2) is 13.1 Å². The molecule has 5 heteroatoms. The second-order valence-corrected chi connectivity index (χ2v) is 7.76. The molecule has 1 saturated heterocycles. The first-order valence-electron chi connectivity index (χ1n) is 7.27. The van der Waals surface area contributed by atoms with Gasteiger partial charge in [0.25, 0.3) is 0 Å². The third kappa shape index (κ3) is 4.21. The van der Waals surface area contributed by atoms with E-state index in [1.54, 1.807) is 0 Å². The Morgan fingerprint density at radius 3 is 2.44 bits per heavy atom. The number of hydrogen-bond donors (Lipinski definition) is 2. The highest BCUT2D eigenvalue weighted by molar-refractivity contribution is 7.89. The van der Waals surface area contributed by atoms with E-state index < -0.39 is 10.0 Å². The van der Waals surface area contributed by atoms with Crippen LogP contribution in [0, 0.1) is 11.8 Å². The van der Waals surface area contributed by atoms with Gasteiger partial charge in [0.15, 0.2) is 0 Å². The molecule has 2 atom stereocenters. The van der Waals surface area contributed by atoms with Gasteiger partial charge in [0.05, 0.1) is 5.75 Å². The molecule has 2 fully saturated rings. The van der Waals surface area contributed by atoms with Crippen LogP contribution in [0.4, 0.5) is 0 Å². The molecule has 4 nitrogen and oxygen atoms in total. The Kier molecular flexibility index (Phi) is 5.04. The van der Waals surface area contributed by atoms with Crippen molar-refractivity contribution >= 4 is 10.0 Å². The van der Waals surface area contributed by atoms with Gasteiger partial charge in [-0.05, 0) is 50.6 Å². The lowest BCUT2D eigenvalue weighted by molar-refractivity contribution is 0.309. The summed E-state index contributed by atoms with van der Waals surface area (Å²) >= 11 is 0. The fraction of sp³-hybridized carbons (Fsp3) is 1.00. The van der Waals surface area contributed by atoms with Crippen molar-refractivity contribution in [1.82, 2.24) is 10.0 Å². The number of piperidine rings is 1. The third-order valence-corrected chi connectivity index (χ3v) is 5.93. The maximum atomic E-state index is 12.2. The molecular weight excluding hydrogens is 248 g/mol. The summed E-state index contributed by atoms with van der Waals surface area (Å²) in [6, 6.07) is 0.172. The molecule has 0 bridgehead atoms. The van der Waals surface area contributed by atoms with Crippen molar-refractivity contribution in [2.45, 2.75) is 51.5 Å². The van der Waals surface area contributed by atoms with Crippen LogP contribution < -0.4 is 10.0 Å². The quantitative estimate of drug-likeness (QED) is 0.816. The molecule has 0 aromatic carbocycles. The highest BCUT2D eigenvalue weighted by Crippen LogP contribution is 2.24. The van der Waals surface area contributed by atoms with Gasteiger partial charge >= 0.3 is 0 Å². The van der Waals surface area contributed by atoms with E-state index in [-0.39, 0.29) is 6.04 Å². The molecule has 18 heavy (non-hydrogen) atoms. The second kappa shape index (κ2) is 6.35. The summed E-state index contributed by atoms with van der Waals surface area (Å²) in [5.41, 5.74) is 0. The molecule has 1 heterocycles. The van der Waals surface area contributed by atoms with Gasteiger partial charge in [0.1, 0.15) is 0 Å². The zero-order valence-electron chi connectivity index (χ0n) is 11.3. The Morgan fingerprint density at radius 2 is 1.78 bits per heavy atom. The van der Waals surface area contributed by atoms with Crippen LogP contribution in [0.15, 0.2) is 0 Å². The van der Waals surface area contributed by atoms with Gasteiger partial charge in [-0.2, -0.15) is 0 Å². The van der Waals surface area contributed by atoms with Crippen molar-refractivity contribution in [3.63, 3.8) is 0 Å². The maximum Gasteiger partial charge on any atom is 0.212 e.